The maximum atomic E-state index is 13.1. The molecule has 2 atom stereocenters. The first-order valence-electron chi connectivity index (χ1n) is 8.16. The fourth-order valence-corrected chi connectivity index (χ4v) is 5.64. The first-order chi connectivity index (χ1) is 12.0. The average molecular weight is 389 g/mol. The van der Waals surface area contributed by atoms with Crippen molar-refractivity contribution in [1.29, 1.82) is 0 Å². The van der Waals surface area contributed by atoms with Gasteiger partial charge in [-0.1, -0.05) is 41.6 Å². The molecule has 0 fully saturated rings. The number of amides is 1. The van der Waals surface area contributed by atoms with E-state index in [2.05, 4.69) is 18.0 Å². The number of thioether (sulfide) groups is 1. The molecule has 128 valence electrons. The van der Waals surface area contributed by atoms with Gasteiger partial charge in [0.1, 0.15) is 0 Å². The number of rotatable bonds is 3. The fourth-order valence-electron chi connectivity index (χ4n) is 3.23. The van der Waals surface area contributed by atoms with E-state index in [1.807, 2.05) is 48.2 Å². The smallest absolute Gasteiger partial charge is 0.240 e. The van der Waals surface area contributed by atoms with E-state index in [1.54, 1.807) is 11.3 Å². The Morgan fingerprint density at radius 1 is 1.36 bits per heavy atom. The monoisotopic (exact) mass is 388 g/mol. The van der Waals surface area contributed by atoms with Crippen molar-refractivity contribution in [2.24, 2.45) is 0 Å². The van der Waals surface area contributed by atoms with E-state index in [0.717, 1.165) is 26.7 Å². The Morgan fingerprint density at radius 2 is 2.16 bits per heavy atom. The molecular weight excluding hydrogens is 372 g/mol. The highest BCUT2D eigenvalue weighted by molar-refractivity contribution is 8.02. The van der Waals surface area contributed by atoms with Crippen LogP contribution in [0.3, 0.4) is 0 Å². The van der Waals surface area contributed by atoms with E-state index >= 15 is 0 Å². The second kappa shape index (κ2) is 6.63. The molecule has 3 aromatic rings. The number of fused-ring (bicyclic) bond motifs is 2. The average Bonchev–Trinajstić information content (AvgIpc) is 3.12. The van der Waals surface area contributed by atoms with Gasteiger partial charge < -0.3 is 4.90 Å². The highest BCUT2D eigenvalue weighted by atomic mass is 35.5. The van der Waals surface area contributed by atoms with Gasteiger partial charge in [0.2, 0.25) is 5.91 Å². The highest BCUT2D eigenvalue weighted by Gasteiger charge is 2.33. The molecule has 0 saturated carbocycles. The molecule has 3 nitrogen and oxygen atoms in total. The molecule has 2 aromatic carbocycles. The van der Waals surface area contributed by atoms with Gasteiger partial charge in [0.05, 0.1) is 15.5 Å². The van der Waals surface area contributed by atoms with Crippen LogP contribution in [-0.2, 0) is 11.2 Å². The summed E-state index contributed by atoms with van der Waals surface area (Å²) in [5.41, 5.74) is 3.18. The van der Waals surface area contributed by atoms with Gasteiger partial charge in [-0.2, -0.15) is 0 Å². The summed E-state index contributed by atoms with van der Waals surface area (Å²) in [6, 6.07) is 14.1. The van der Waals surface area contributed by atoms with Crippen molar-refractivity contribution >= 4 is 56.5 Å². The molecule has 1 aromatic heterocycles. The third-order valence-electron chi connectivity index (χ3n) is 4.40. The lowest BCUT2D eigenvalue weighted by Gasteiger charge is -2.25. The van der Waals surface area contributed by atoms with Crippen LogP contribution in [0.5, 0.6) is 0 Å². The van der Waals surface area contributed by atoms with Crippen LogP contribution in [0.25, 0.3) is 10.2 Å². The Bertz CT molecular complexity index is 956. The van der Waals surface area contributed by atoms with Crippen LogP contribution in [0.1, 0.15) is 19.4 Å². The summed E-state index contributed by atoms with van der Waals surface area (Å²) in [7, 11) is 0. The van der Waals surface area contributed by atoms with E-state index in [-0.39, 0.29) is 17.2 Å². The van der Waals surface area contributed by atoms with Crippen LogP contribution in [0, 0.1) is 0 Å². The minimum atomic E-state index is -0.190. The number of carbonyl (C=O) groups excluding carboxylic acids is 1. The number of halogens is 1. The number of hydrogen-bond donors (Lipinski definition) is 0. The molecule has 1 amide bonds. The molecule has 25 heavy (non-hydrogen) atoms. The minimum Gasteiger partial charge on any atom is -0.308 e. The van der Waals surface area contributed by atoms with Crippen molar-refractivity contribution in [3.63, 3.8) is 0 Å². The van der Waals surface area contributed by atoms with Crippen molar-refractivity contribution in [3.05, 3.63) is 53.1 Å². The Kier molecular flexibility index (Phi) is 4.48. The van der Waals surface area contributed by atoms with Gasteiger partial charge in [-0.3, -0.25) is 4.79 Å². The molecule has 0 bridgehead atoms. The number of carbonyl (C=O) groups is 1. The van der Waals surface area contributed by atoms with E-state index < -0.39 is 0 Å². The van der Waals surface area contributed by atoms with Gasteiger partial charge in [0.25, 0.3) is 0 Å². The Balaban J connectivity index is 1.56. The van der Waals surface area contributed by atoms with Crippen LogP contribution in [-0.4, -0.2) is 22.2 Å². The molecule has 2 heterocycles. The first kappa shape index (κ1) is 16.9. The number of hydrogen-bond acceptors (Lipinski definition) is 4. The van der Waals surface area contributed by atoms with Crippen molar-refractivity contribution in [2.75, 3.05) is 4.90 Å². The quantitative estimate of drug-likeness (QED) is 0.562. The van der Waals surface area contributed by atoms with Crippen molar-refractivity contribution in [2.45, 2.75) is 35.9 Å². The molecule has 0 radical (unpaired) electrons. The van der Waals surface area contributed by atoms with Gasteiger partial charge in [0, 0.05) is 16.8 Å². The molecular formula is C19H17ClN2OS2. The lowest BCUT2D eigenvalue weighted by atomic mass is 10.1. The predicted octanol–water partition coefficient (Wildman–Crippen LogP) is 5.41. The summed E-state index contributed by atoms with van der Waals surface area (Å²) in [5, 5.41) is 0.491. The van der Waals surface area contributed by atoms with Crippen LogP contribution in [0.2, 0.25) is 5.02 Å². The van der Waals surface area contributed by atoms with Crippen LogP contribution in [0.4, 0.5) is 5.69 Å². The third-order valence-corrected chi connectivity index (χ3v) is 6.85. The number of aromatic nitrogens is 1. The van der Waals surface area contributed by atoms with E-state index in [4.69, 9.17) is 11.6 Å². The van der Waals surface area contributed by atoms with E-state index in [0.29, 0.717) is 5.02 Å². The number of benzene rings is 2. The lowest BCUT2D eigenvalue weighted by Crippen LogP contribution is -2.40. The van der Waals surface area contributed by atoms with Crippen molar-refractivity contribution < 1.29 is 4.79 Å². The minimum absolute atomic E-state index is 0.139. The zero-order valence-electron chi connectivity index (χ0n) is 13.9. The summed E-state index contributed by atoms with van der Waals surface area (Å²) in [6.45, 7) is 4.06. The summed E-state index contributed by atoms with van der Waals surface area (Å²) in [4.78, 5) is 19.6. The molecule has 1 aliphatic heterocycles. The van der Waals surface area contributed by atoms with Crippen LogP contribution in [0.15, 0.2) is 46.8 Å². The van der Waals surface area contributed by atoms with Gasteiger partial charge in [-0.25, -0.2) is 4.98 Å². The molecule has 0 unspecified atom stereocenters. The zero-order valence-corrected chi connectivity index (χ0v) is 16.3. The van der Waals surface area contributed by atoms with Crippen LogP contribution >= 0.6 is 34.7 Å². The van der Waals surface area contributed by atoms with E-state index in [1.165, 1.54) is 17.3 Å². The SMILES string of the molecule is C[C@H](Sc1nc2cc(Cl)ccc2s1)C(=O)N1c2ccccc2C[C@H]1C. The molecule has 0 aliphatic carbocycles. The molecule has 0 N–H and O–H groups in total. The summed E-state index contributed by atoms with van der Waals surface area (Å²) in [6.07, 6.45) is 0.916. The second-order valence-corrected chi connectivity index (χ2v) is 9.30. The Morgan fingerprint density at radius 3 is 3.00 bits per heavy atom. The number of anilines is 1. The summed E-state index contributed by atoms with van der Waals surface area (Å²) in [5.74, 6) is 0.139. The maximum absolute atomic E-state index is 13.1. The lowest BCUT2D eigenvalue weighted by molar-refractivity contribution is -0.118. The maximum Gasteiger partial charge on any atom is 0.240 e. The zero-order chi connectivity index (χ0) is 17.6. The molecule has 1 aliphatic rings. The van der Waals surface area contributed by atoms with Crippen LogP contribution < -0.4 is 4.90 Å². The second-order valence-electron chi connectivity index (χ2n) is 6.24. The number of nitrogens with zero attached hydrogens (tertiary/aromatic N) is 2. The molecule has 6 heteroatoms. The van der Waals surface area contributed by atoms with Crippen molar-refractivity contribution in [3.8, 4) is 0 Å². The number of thiazole rings is 1. The Hall–Kier alpha value is -1.56. The van der Waals surface area contributed by atoms with E-state index in [9.17, 15) is 4.79 Å². The first-order valence-corrected chi connectivity index (χ1v) is 10.2. The van der Waals surface area contributed by atoms with Crippen molar-refractivity contribution in [1.82, 2.24) is 4.98 Å². The third kappa shape index (κ3) is 3.16. The number of para-hydroxylation sites is 1. The van der Waals surface area contributed by atoms with Gasteiger partial charge >= 0.3 is 0 Å². The topological polar surface area (TPSA) is 33.2 Å². The standard InChI is InChI=1S/C19H17ClN2OS2/c1-11-9-13-5-3-4-6-16(13)22(11)18(23)12(2)24-19-21-15-10-14(20)7-8-17(15)25-19/h3-8,10-12H,9H2,1-2H3/t11-,12+/m1/s1. The highest BCUT2D eigenvalue weighted by Crippen LogP contribution is 2.37. The Labute approximate surface area is 160 Å². The molecule has 4 rings (SSSR count). The largest absolute Gasteiger partial charge is 0.308 e. The normalized spacial score (nSPS) is 17.7. The van der Waals surface area contributed by atoms with Gasteiger partial charge in [-0.05, 0) is 50.1 Å². The summed E-state index contributed by atoms with van der Waals surface area (Å²) < 4.78 is 1.99. The van der Waals surface area contributed by atoms with Gasteiger partial charge in [0.15, 0.2) is 4.34 Å². The summed E-state index contributed by atoms with van der Waals surface area (Å²) >= 11 is 9.15. The predicted molar refractivity (Wildman–Crippen MR) is 107 cm³/mol. The molecule has 0 spiro atoms. The van der Waals surface area contributed by atoms with Gasteiger partial charge in [-0.15, -0.1) is 11.3 Å². The fraction of sp³-hybridized carbons (Fsp3) is 0.263. The molecule has 0 saturated heterocycles.